The van der Waals surface area contributed by atoms with Crippen molar-refractivity contribution in [1.82, 2.24) is 15.2 Å². The van der Waals surface area contributed by atoms with Crippen LogP contribution in [0.2, 0.25) is 0 Å². The first-order valence-corrected chi connectivity index (χ1v) is 13.6. The molecule has 0 saturated carbocycles. The number of hydrogen-bond donors (Lipinski definition) is 2. The quantitative estimate of drug-likeness (QED) is 0.484. The van der Waals surface area contributed by atoms with Gasteiger partial charge in [-0.25, -0.2) is 4.98 Å². The zero-order valence-corrected chi connectivity index (χ0v) is 21.2. The number of nitrogens with one attached hydrogen (secondary N) is 1. The zero-order chi connectivity index (χ0) is 24.2. The predicted molar refractivity (Wildman–Crippen MR) is 143 cm³/mol. The fourth-order valence-corrected chi connectivity index (χ4v) is 6.16. The number of aryl methyl sites for hydroxylation is 1. The van der Waals surface area contributed by atoms with Gasteiger partial charge in [-0.3, -0.25) is 4.79 Å². The van der Waals surface area contributed by atoms with Crippen LogP contribution >= 0.6 is 11.3 Å². The van der Waals surface area contributed by atoms with Gasteiger partial charge in [0.15, 0.2) is 0 Å². The van der Waals surface area contributed by atoms with Gasteiger partial charge in [0, 0.05) is 30.1 Å². The second-order valence-corrected chi connectivity index (χ2v) is 10.5. The molecule has 0 unspecified atom stereocenters. The molecule has 0 radical (unpaired) electrons. The maximum absolute atomic E-state index is 13.2. The Morgan fingerprint density at radius 2 is 1.94 bits per heavy atom. The van der Waals surface area contributed by atoms with E-state index in [0.29, 0.717) is 12.1 Å². The second kappa shape index (κ2) is 10.8. The molecule has 6 nitrogen and oxygen atoms in total. The van der Waals surface area contributed by atoms with Crippen molar-refractivity contribution in [2.45, 2.75) is 45.1 Å². The lowest BCUT2D eigenvalue weighted by molar-refractivity contribution is -0.122. The lowest BCUT2D eigenvalue weighted by atomic mass is 10.1. The highest BCUT2D eigenvalue weighted by Gasteiger charge is 2.32. The number of thiophene rings is 1. The number of anilines is 1. The molecule has 1 amide bonds. The van der Waals surface area contributed by atoms with Crippen molar-refractivity contribution in [3.05, 3.63) is 53.4 Å². The number of rotatable bonds is 7. The lowest BCUT2D eigenvalue weighted by Crippen LogP contribution is -2.46. The summed E-state index contributed by atoms with van der Waals surface area (Å²) in [4.78, 5) is 23.9. The number of piperidine rings is 1. The summed E-state index contributed by atoms with van der Waals surface area (Å²) in [6.07, 6.45) is 5.62. The summed E-state index contributed by atoms with van der Waals surface area (Å²) >= 11 is 1.70. The van der Waals surface area contributed by atoms with Crippen LogP contribution in [0.25, 0.3) is 21.7 Å². The number of likely N-dealkylation sites (tertiary alicyclic amines) is 1. The lowest BCUT2D eigenvalue weighted by Gasteiger charge is -2.28. The molecule has 2 aromatic heterocycles. The van der Waals surface area contributed by atoms with E-state index >= 15 is 0 Å². The third-order valence-corrected chi connectivity index (χ3v) is 8.21. The van der Waals surface area contributed by atoms with Crippen molar-refractivity contribution in [1.29, 1.82) is 0 Å². The number of carbonyl (C=O) groups is 1. The maximum Gasteiger partial charge on any atom is 0.242 e. The highest BCUT2D eigenvalue weighted by Crippen LogP contribution is 2.37. The average molecular weight is 491 g/mol. The zero-order valence-electron chi connectivity index (χ0n) is 20.4. The molecule has 1 atom stereocenters. The van der Waals surface area contributed by atoms with Gasteiger partial charge in [0.25, 0.3) is 0 Å². The van der Waals surface area contributed by atoms with Gasteiger partial charge in [-0.1, -0.05) is 18.6 Å². The van der Waals surface area contributed by atoms with Crippen molar-refractivity contribution in [3.63, 3.8) is 0 Å². The number of phenolic OH excluding ortho intramolecular Hbond substituents is 1. The first-order valence-electron chi connectivity index (χ1n) is 12.7. The Hall–Kier alpha value is -2.90. The largest absolute Gasteiger partial charge is 0.507 e. The molecule has 184 valence electrons. The number of aromatic hydroxyl groups is 1. The van der Waals surface area contributed by atoms with Crippen molar-refractivity contribution < 1.29 is 9.90 Å². The highest BCUT2D eigenvalue weighted by atomic mass is 32.1. The van der Waals surface area contributed by atoms with E-state index in [4.69, 9.17) is 4.98 Å². The van der Waals surface area contributed by atoms with Crippen LogP contribution in [0.15, 0.2) is 47.8 Å². The van der Waals surface area contributed by atoms with Crippen molar-refractivity contribution in [2.75, 3.05) is 37.6 Å². The summed E-state index contributed by atoms with van der Waals surface area (Å²) in [5.41, 5.74) is 3.70. The topological polar surface area (TPSA) is 68.7 Å². The minimum absolute atomic E-state index is 0.0862. The number of carbonyl (C=O) groups excluding carboxylic acids is 1. The molecular formula is C28H34N4O2S. The van der Waals surface area contributed by atoms with Gasteiger partial charge in [-0.2, -0.15) is 0 Å². The number of hydrogen-bond acceptors (Lipinski definition) is 6. The summed E-state index contributed by atoms with van der Waals surface area (Å²) in [7, 11) is 0. The Kier molecular flexibility index (Phi) is 7.35. The molecule has 2 aliphatic rings. The molecule has 35 heavy (non-hydrogen) atoms. The third kappa shape index (κ3) is 5.36. The number of amides is 1. The second-order valence-electron chi connectivity index (χ2n) is 9.59. The fraction of sp³-hybridized carbons (Fsp3) is 0.429. The van der Waals surface area contributed by atoms with Crippen molar-refractivity contribution in [2.24, 2.45) is 0 Å². The summed E-state index contributed by atoms with van der Waals surface area (Å²) in [6.45, 7) is 6.79. The molecule has 5 rings (SSSR count). The average Bonchev–Trinajstić information content (AvgIpc) is 3.54. The Balaban J connectivity index is 1.40. The minimum atomic E-state index is -0.222. The van der Waals surface area contributed by atoms with E-state index in [1.54, 1.807) is 17.4 Å². The van der Waals surface area contributed by atoms with Crippen LogP contribution in [0.1, 0.15) is 37.7 Å². The van der Waals surface area contributed by atoms with Gasteiger partial charge in [0.05, 0.1) is 5.69 Å². The SMILES string of the molecule is Cc1ccsc1-c1cc(-c2ccccc2O)nc(N2CCC[C@H]2C(=O)NCCN2CCCCC2)c1. The van der Waals surface area contributed by atoms with Gasteiger partial charge in [0.2, 0.25) is 5.91 Å². The van der Waals surface area contributed by atoms with Gasteiger partial charge in [0.1, 0.15) is 17.6 Å². The number of aromatic nitrogens is 1. The maximum atomic E-state index is 13.2. The van der Waals surface area contributed by atoms with E-state index in [0.717, 1.165) is 56.1 Å². The monoisotopic (exact) mass is 490 g/mol. The van der Waals surface area contributed by atoms with Crippen LogP contribution in [0.3, 0.4) is 0 Å². The van der Waals surface area contributed by atoms with Gasteiger partial charge in [-0.15, -0.1) is 11.3 Å². The number of nitrogens with zero attached hydrogens (tertiary/aromatic N) is 3. The first kappa shape index (κ1) is 23.8. The Morgan fingerprint density at radius 1 is 1.11 bits per heavy atom. The molecule has 2 aliphatic heterocycles. The van der Waals surface area contributed by atoms with E-state index in [-0.39, 0.29) is 17.7 Å². The molecule has 2 saturated heterocycles. The molecule has 1 aromatic carbocycles. The smallest absolute Gasteiger partial charge is 0.242 e. The standard InChI is InChI=1S/C28H34N4O2S/c1-20-11-17-35-27(20)21-18-23(22-8-3-4-10-25(22)33)30-26(19-21)32-15-7-9-24(32)28(34)29-12-16-31-13-5-2-6-14-31/h3-4,8,10-11,17-19,24,33H,2,5-7,9,12-16H2,1H3,(H,29,34)/t24-/m0/s1. The van der Waals surface area contributed by atoms with Crippen molar-refractivity contribution in [3.8, 4) is 27.4 Å². The van der Waals surface area contributed by atoms with Crippen LogP contribution in [-0.2, 0) is 4.79 Å². The molecule has 0 aliphatic carbocycles. The number of para-hydroxylation sites is 1. The number of phenols is 1. The summed E-state index contributed by atoms with van der Waals surface area (Å²) < 4.78 is 0. The Morgan fingerprint density at radius 3 is 2.71 bits per heavy atom. The van der Waals surface area contributed by atoms with Gasteiger partial charge >= 0.3 is 0 Å². The van der Waals surface area contributed by atoms with E-state index in [1.165, 1.54) is 29.7 Å². The summed E-state index contributed by atoms with van der Waals surface area (Å²) in [6, 6.07) is 13.3. The van der Waals surface area contributed by atoms with Crippen LogP contribution in [0.5, 0.6) is 5.75 Å². The molecular weight excluding hydrogens is 456 g/mol. The van der Waals surface area contributed by atoms with E-state index < -0.39 is 0 Å². The van der Waals surface area contributed by atoms with Crippen molar-refractivity contribution >= 4 is 23.1 Å². The van der Waals surface area contributed by atoms with Crippen LogP contribution in [0, 0.1) is 6.92 Å². The molecule has 2 N–H and O–H groups in total. The fourth-order valence-electron chi connectivity index (χ4n) is 5.24. The van der Waals surface area contributed by atoms with Gasteiger partial charge in [-0.05, 0) is 92.5 Å². The van der Waals surface area contributed by atoms with E-state index in [1.807, 2.05) is 24.3 Å². The first-order chi connectivity index (χ1) is 17.1. The normalized spacial score (nSPS) is 18.7. The van der Waals surface area contributed by atoms with Crippen LogP contribution in [0.4, 0.5) is 5.82 Å². The van der Waals surface area contributed by atoms with E-state index in [2.05, 4.69) is 39.6 Å². The molecule has 4 heterocycles. The Bertz CT molecular complexity index is 1170. The highest BCUT2D eigenvalue weighted by molar-refractivity contribution is 7.13. The molecule has 7 heteroatoms. The Labute approximate surface area is 211 Å². The number of pyridine rings is 1. The third-order valence-electron chi connectivity index (χ3n) is 7.14. The molecule has 0 bridgehead atoms. The predicted octanol–water partition coefficient (Wildman–Crippen LogP) is 5.06. The summed E-state index contributed by atoms with van der Waals surface area (Å²) in [5, 5.41) is 15.8. The van der Waals surface area contributed by atoms with Crippen LogP contribution < -0.4 is 10.2 Å². The van der Waals surface area contributed by atoms with Gasteiger partial charge < -0.3 is 20.2 Å². The summed E-state index contributed by atoms with van der Waals surface area (Å²) in [5.74, 6) is 1.09. The van der Waals surface area contributed by atoms with E-state index in [9.17, 15) is 9.90 Å². The molecule has 0 spiro atoms. The number of benzene rings is 1. The molecule has 2 fully saturated rings. The van der Waals surface area contributed by atoms with Crippen LogP contribution in [-0.4, -0.2) is 59.7 Å². The minimum Gasteiger partial charge on any atom is -0.507 e. The molecule has 3 aromatic rings.